The predicted molar refractivity (Wildman–Crippen MR) is 23.6 cm³/mol. The molecule has 0 aliphatic carbocycles. The van der Waals surface area contributed by atoms with Crippen molar-refractivity contribution in [3.8, 4) is 0 Å². The van der Waals surface area contributed by atoms with Crippen molar-refractivity contribution in [2.24, 2.45) is 0 Å². The summed E-state index contributed by atoms with van der Waals surface area (Å²) in [6.45, 7) is 0.429. The minimum absolute atomic E-state index is 0.0486. The first kappa shape index (κ1) is 4.59. The van der Waals surface area contributed by atoms with Crippen LogP contribution in [0.4, 0.5) is 0 Å². The Morgan fingerprint density at radius 2 is 2.57 bits per heavy atom. The van der Waals surface area contributed by atoms with Gasteiger partial charge < -0.3 is 10.4 Å². The molecule has 0 saturated carbocycles. The molecule has 1 amide bonds. The van der Waals surface area contributed by atoms with Crippen LogP contribution in [0.25, 0.3) is 0 Å². The van der Waals surface area contributed by atoms with Crippen LogP contribution in [0.5, 0.6) is 0 Å². The summed E-state index contributed by atoms with van der Waals surface area (Å²) in [5.74, 6) is -0.0486. The molecule has 1 heterocycles. The number of carbonyl (C=O) groups is 1. The summed E-state index contributed by atoms with van der Waals surface area (Å²) in [5.41, 5.74) is 0. The van der Waals surface area contributed by atoms with Crippen LogP contribution in [0.2, 0.25) is 0 Å². The number of nitrogens with one attached hydrogen (secondary N) is 1. The molecular weight excluding hydrogens is 94.0 g/mol. The summed E-state index contributed by atoms with van der Waals surface area (Å²) in [6.07, 6.45) is -0.160. The van der Waals surface area contributed by atoms with Gasteiger partial charge in [-0.15, -0.1) is 0 Å². The first-order valence-electron chi connectivity index (χ1n) is 2.24. The highest BCUT2D eigenvalue weighted by Crippen LogP contribution is 1.95. The van der Waals surface area contributed by atoms with Crippen LogP contribution in [0.1, 0.15) is 6.42 Å². The summed E-state index contributed by atoms with van der Waals surface area (Å²) in [5, 5.41) is 11.1. The molecule has 0 aromatic carbocycles. The van der Waals surface area contributed by atoms with Crippen molar-refractivity contribution in [1.29, 1.82) is 0 Å². The first-order chi connectivity index (χ1) is 3.29. The highest BCUT2D eigenvalue weighted by atomic mass is 16.3. The minimum atomic E-state index is -0.438. The highest BCUT2D eigenvalue weighted by molar-refractivity contribution is 5.78. The molecule has 0 radical (unpaired) electrons. The minimum Gasteiger partial charge on any atom is -0.391 e. The van der Waals surface area contributed by atoms with Crippen LogP contribution in [-0.4, -0.2) is 23.7 Å². The molecule has 0 spiro atoms. The maximum atomic E-state index is 10.2. The van der Waals surface area contributed by atoms with E-state index in [1.54, 1.807) is 0 Å². The monoisotopic (exact) mass is 101 g/mol. The average molecular weight is 101 g/mol. The normalized spacial score (nSPS) is 30.4. The molecule has 0 bridgehead atoms. The van der Waals surface area contributed by atoms with Crippen molar-refractivity contribution >= 4 is 5.91 Å². The number of aliphatic hydroxyl groups excluding tert-OH is 1. The maximum absolute atomic E-state index is 10.2. The second-order valence-corrected chi connectivity index (χ2v) is 1.66. The highest BCUT2D eigenvalue weighted by Gasteiger charge is 2.17. The van der Waals surface area contributed by atoms with E-state index in [1.807, 2.05) is 0 Å². The van der Waals surface area contributed by atoms with E-state index < -0.39 is 6.10 Å². The van der Waals surface area contributed by atoms with Gasteiger partial charge in [-0.05, 0) is 0 Å². The smallest absolute Gasteiger partial charge is 0.222 e. The van der Waals surface area contributed by atoms with Gasteiger partial charge in [-0.1, -0.05) is 0 Å². The fourth-order valence-electron chi connectivity index (χ4n) is 0.590. The van der Waals surface area contributed by atoms with Gasteiger partial charge in [0.15, 0.2) is 0 Å². The Hall–Kier alpha value is -0.570. The SMILES string of the molecule is O=C1C[C@@H](O)CN1. The molecular formula is C4H7NO2. The molecule has 0 aromatic rings. The van der Waals surface area contributed by atoms with Crippen LogP contribution < -0.4 is 5.32 Å². The zero-order valence-corrected chi connectivity index (χ0v) is 3.85. The molecule has 1 saturated heterocycles. The number of aliphatic hydroxyl groups is 1. The van der Waals surface area contributed by atoms with Gasteiger partial charge >= 0.3 is 0 Å². The first-order valence-corrected chi connectivity index (χ1v) is 2.24. The van der Waals surface area contributed by atoms with Gasteiger partial charge in [0.25, 0.3) is 0 Å². The third-order valence-electron chi connectivity index (χ3n) is 0.956. The molecule has 1 fully saturated rings. The van der Waals surface area contributed by atoms with Crippen LogP contribution in [-0.2, 0) is 4.79 Å². The molecule has 1 aliphatic rings. The number of amides is 1. The fourth-order valence-corrected chi connectivity index (χ4v) is 0.590. The van der Waals surface area contributed by atoms with E-state index in [0.29, 0.717) is 6.54 Å². The molecule has 7 heavy (non-hydrogen) atoms. The molecule has 40 valence electrons. The summed E-state index contributed by atoms with van der Waals surface area (Å²) >= 11 is 0. The number of rotatable bonds is 0. The van der Waals surface area contributed by atoms with E-state index in [4.69, 9.17) is 5.11 Å². The third-order valence-corrected chi connectivity index (χ3v) is 0.956. The van der Waals surface area contributed by atoms with Gasteiger partial charge in [0.1, 0.15) is 0 Å². The van der Waals surface area contributed by atoms with Gasteiger partial charge in [-0.25, -0.2) is 0 Å². The molecule has 3 nitrogen and oxygen atoms in total. The van der Waals surface area contributed by atoms with Crippen LogP contribution in [0, 0.1) is 0 Å². The van der Waals surface area contributed by atoms with E-state index in [2.05, 4.69) is 5.32 Å². The van der Waals surface area contributed by atoms with Gasteiger partial charge in [0, 0.05) is 6.54 Å². The second kappa shape index (κ2) is 1.50. The van der Waals surface area contributed by atoms with Crippen molar-refractivity contribution in [2.45, 2.75) is 12.5 Å². The Balaban J connectivity index is 2.40. The van der Waals surface area contributed by atoms with E-state index in [-0.39, 0.29) is 12.3 Å². The number of carbonyl (C=O) groups excluding carboxylic acids is 1. The summed E-state index contributed by atoms with van der Waals surface area (Å²) < 4.78 is 0. The van der Waals surface area contributed by atoms with Crippen molar-refractivity contribution < 1.29 is 9.90 Å². The topological polar surface area (TPSA) is 49.3 Å². The summed E-state index contributed by atoms with van der Waals surface area (Å²) in [4.78, 5) is 10.2. The molecule has 3 heteroatoms. The number of hydrogen-bond acceptors (Lipinski definition) is 2. The van der Waals surface area contributed by atoms with Gasteiger partial charge in [0.2, 0.25) is 5.91 Å². The number of hydrogen-bond donors (Lipinski definition) is 2. The fraction of sp³-hybridized carbons (Fsp3) is 0.750. The van der Waals surface area contributed by atoms with Crippen LogP contribution in [0.15, 0.2) is 0 Å². The second-order valence-electron chi connectivity index (χ2n) is 1.66. The van der Waals surface area contributed by atoms with Crippen LogP contribution >= 0.6 is 0 Å². The van der Waals surface area contributed by atoms with Crippen molar-refractivity contribution in [3.63, 3.8) is 0 Å². The lowest BCUT2D eigenvalue weighted by Crippen LogP contribution is -2.14. The molecule has 1 rings (SSSR count). The molecule has 2 N–H and O–H groups in total. The Kier molecular flexibility index (Phi) is 0.982. The zero-order valence-electron chi connectivity index (χ0n) is 3.85. The van der Waals surface area contributed by atoms with Crippen LogP contribution in [0.3, 0.4) is 0 Å². The van der Waals surface area contributed by atoms with E-state index in [0.717, 1.165) is 0 Å². The molecule has 1 atom stereocenters. The average Bonchev–Trinajstić information content (AvgIpc) is 1.87. The van der Waals surface area contributed by atoms with Crippen molar-refractivity contribution in [2.75, 3.05) is 6.54 Å². The summed E-state index contributed by atoms with van der Waals surface area (Å²) in [6, 6.07) is 0. The predicted octanol–water partition coefficient (Wildman–Crippen LogP) is -1.13. The maximum Gasteiger partial charge on any atom is 0.222 e. The quantitative estimate of drug-likeness (QED) is 0.405. The molecule has 1 aliphatic heterocycles. The van der Waals surface area contributed by atoms with Crippen molar-refractivity contribution in [1.82, 2.24) is 5.32 Å². The summed E-state index contributed by atoms with van der Waals surface area (Å²) in [7, 11) is 0. The Morgan fingerprint density at radius 1 is 1.86 bits per heavy atom. The van der Waals surface area contributed by atoms with Gasteiger partial charge in [0.05, 0.1) is 12.5 Å². The van der Waals surface area contributed by atoms with Crippen molar-refractivity contribution in [3.05, 3.63) is 0 Å². The van der Waals surface area contributed by atoms with E-state index in [9.17, 15) is 4.79 Å². The lowest BCUT2D eigenvalue weighted by atomic mass is 10.3. The van der Waals surface area contributed by atoms with E-state index >= 15 is 0 Å². The zero-order chi connectivity index (χ0) is 5.28. The number of β-amino-alcohol motifs (C(OH)–C–C–N with tert-alkyl or cyclic N) is 1. The van der Waals surface area contributed by atoms with Gasteiger partial charge in [-0.3, -0.25) is 4.79 Å². The third kappa shape index (κ3) is 0.899. The lowest BCUT2D eigenvalue weighted by Gasteiger charge is -1.89. The Bertz CT molecular complexity index is 91.7. The van der Waals surface area contributed by atoms with Gasteiger partial charge in [-0.2, -0.15) is 0 Å². The Labute approximate surface area is 41.3 Å². The van der Waals surface area contributed by atoms with E-state index in [1.165, 1.54) is 0 Å². The molecule has 0 aromatic heterocycles. The largest absolute Gasteiger partial charge is 0.391 e. The Morgan fingerprint density at radius 3 is 2.71 bits per heavy atom. The standard InChI is InChI=1S/C4H7NO2/c6-3-1-4(7)5-2-3/h3,6H,1-2H2,(H,5,7)/t3-/m1/s1. The lowest BCUT2D eigenvalue weighted by molar-refractivity contribution is -0.119. The molecule has 0 unspecified atom stereocenters.